The zero-order valence-corrected chi connectivity index (χ0v) is 13.0. The van der Waals surface area contributed by atoms with E-state index in [1.54, 1.807) is 0 Å². The summed E-state index contributed by atoms with van der Waals surface area (Å²) in [5, 5.41) is 0. The van der Waals surface area contributed by atoms with E-state index >= 15 is 0 Å². The van der Waals surface area contributed by atoms with E-state index in [0.29, 0.717) is 0 Å². The molecule has 2 N–H and O–H groups in total. The average Bonchev–Trinajstić information content (AvgIpc) is 2.79. The van der Waals surface area contributed by atoms with Gasteiger partial charge in [0.2, 0.25) is 0 Å². The van der Waals surface area contributed by atoms with Crippen LogP contribution in [0.1, 0.15) is 30.8 Å². The Hall–Kier alpha value is -2.29. The summed E-state index contributed by atoms with van der Waals surface area (Å²) >= 11 is 0. The van der Waals surface area contributed by atoms with Crippen LogP contribution in [0.15, 0.2) is 42.5 Å². The fraction of sp³-hybridized carbons (Fsp3) is 0.278. The van der Waals surface area contributed by atoms with Crippen LogP contribution in [-0.2, 0) is 12.5 Å². The second-order valence-corrected chi connectivity index (χ2v) is 6.18. The Labute approximate surface area is 125 Å². The van der Waals surface area contributed by atoms with Gasteiger partial charge in [-0.05, 0) is 50.1 Å². The molecule has 0 saturated heterocycles. The summed E-state index contributed by atoms with van der Waals surface area (Å²) in [4.78, 5) is 4.88. The van der Waals surface area contributed by atoms with Gasteiger partial charge in [-0.15, -0.1) is 0 Å². The van der Waals surface area contributed by atoms with Gasteiger partial charge >= 0.3 is 0 Å². The summed E-state index contributed by atoms with van der Waals surface area (Å²) in [7, 11) is 2.09. The summed E-state index contributed by atoms with van der Waals surface area (Å²) in [6.45, 7) is 6.54. The topological polar surface area (TPSA) is 43.8 Å². The van der Waals surface area contributed by atoms with Gasteiger partial charge in [0.05, 0.1) is 11.0 Å². The van der Waals surface area contributed by atoms with E-state index in [0.717, 1.165) is 17.0 Å². The summed E-state index contributed by atoms with van der Waals surface area (Å²) in [5.41, 5.74) is 11.1. The van der Waals surface area contributed by atoms with Gasteiger partial charge in [-0.3, -0.25) is 0 Å². The molecule has 21 heavy (non-hydrogen) atoms. The van der Waals surface area contributed by atoms with Crippen molar-refractivity contribution >= 4 is 16.7 Å². The Morgan fingerprint density at radius 1 is 1.05 bits per heavy atom. The van der Waals surface area contributed by atoms with Gasteiger partial charge in [0.25, 0.3) is 0 Å². The van der Waals surface area contributed by atoms with Crippen LogP contribution in [-0.4, -0.2) is 9.55 Å². The number of hydrogen-bond acceptors (Lipinski definition) is 2. The molecule has 1 aromatic heterocycles. The van der Waals surface area contributed by atoms with Crippen molar-refractivity contribution in [3.63, 3.8) is 0 Å². The second kappa shape index (κ2) is 4.62. The van der Waals surface area contributed by atoms with Crippen LogP contribution >= 0.6 is 0 Å². The lowest BCUT2D eigenvalue weighted by Gasteiger charge is -2.25. The number of fused-ring (bicyclic) bond motifs is 1. The number of para-hydroxylation sites is 1. The average molecular weight is 279 g/mol. The normalized spacial score (nSPS) is 12.0. The van der Waals surface area contributed by atoms with Crippen molar-refractivity contribution in [3.8, 4) is 0 Å². The van der Waals surface area contributed by atoms with Gasteiger partial charge in [0.15, 0.2) is 0 Å². The van der Waals surface area contributed by atoms with Crippen LogP contribution in [0, 0.1) is 6.92 Å². The predicted octanol–water partition coefficient (Wildman–Crippen LogP) is 3.79. The Balaban J connectivity index is 2.21. The first-order valence-corrected chi connectivity index (χ1v) is 7.20. The van der Waals surface area contributed by atoms with Crippen LogP contribution in [0.2, 0.25) is 0 Å². The van der Waals surface area contributed by atoms with Crippen molar-refractivity contribution in [1.82, 2.24) is 9.55 Å². The van der Waals surface area contributed by atoms with Gasteiger partial charge in [0, 0.05) is 18.2 Å². The van der Waals surface area contributed by atoms with Crippen molar-refractivity contribution < 1.29 is 0 Å². The van der Waals surface area contributed by atoms with Crippen molar-refractivity contribution in [1.29, 1.82) is 0 Å². The molecule has 2 aromatic carbocycles. The van der Waals surface area contributed by atoms with Crippen LogP contribution in [0.4, 0.5) is 5.69 Å². The summed E-state index contributed by atoms with van der Waals surface area (Å²) < 4.78 is 2.21. The van der Waals surface area contributed by atoms with Crippen molar-refractivity contribution in [2.75, 3.05) is 5.73 Å². The molecule has 0 aliphatic heterocycles. The molecular weight excluding hydrogens is 258 g/mol. The minimum absolute atomic E-state index is 0.173. The summed E-state index contributed by atoms with van der Waals surface area (Å²) in [6, 6.07) is 14.3. The first kappa shape index (κ1) is 13.7. The van der Waals surface area contributed by atoms with Gasteiger partial charge in [-0.1, -0.05) is 24.3 Å². The Morgan fingerprint density at radius 2 is 1.71 bits per heavy atom. The quantitative estimate of drug-likeness (QED) is 0.725. The van der Waals surface area contributed by atoms with E-state index in [4.69, 9.17) is 10.7 Å². The Kier molecular flexibility index (Phi) is 3.01. The maximum atomic E-state index is 5.80. The largest absolute Gasteiger partial charge is 0.399 e. The number of aromatic nitrogens is 2. The van der Waals surface area contributed by atoms with Crippen molar-refractivity contribution in [2.24, 2.45) is 7.05 Å². The molecule has 0 saturated carbocycles. The van der Waals surface area contributed by atoms with Crippen molar-refractivity contribution in [3.05, 3.63) is 59.4 Å². The van der Waals surface area contributed by atoms with Crippen LogP contribution in [0.25, 0.3) is 11.0 Å². The van der Waals surface area contributed by atoms with Crippen LogP contribution < -0.4 is 5.73 Å². The number of hydrogen-bond donors (Lipinski definition) is 1. The summed E-state index contributed by atoms with van der Waals surface area (Å²) in [5.74, 6) is 1.07. The number of anilines is 1. The lowest BCUT2D eigenvalue weighted by molar-refractivity contribution is 0.567. The highest BCUT2D eigenvalue weighted by molar-refractivity contribution is 5.79. The van der Waals surface area contributed by atoms with Gasteiger partial charge in [-0.25, -0.2) is 4.98 Å². The number of nitrogens with zero attached hydrogens (tertiary/aromatic N) is 2. The van der Waals surface area contributed by atoms with E-state index < -0.39 is 0 Å². The molecule has 3 heteroatoms. The lowest BCUT2D eigenvalue weighted by atomic mass is 9.83. The maximum Gasteiger partial charge on any atom is 0.119 e. The monoisotopic (exact) mass is 279 g/mol. The van der Waals surface area contributed by atoms with E-state index in [1.165, 1.54) is 16.6 Å². The van der Waals surface area contributed by atoms with E-state index in [9.17, 15) is 0 Å². The third-order valence-corrected chi connectivity index (χ3v) is 4.29. The molecule has 0 aliphatic carbocycles. The number of imidazole rings is 1. The zero-order chi connectivity index (χ0) is 15.2. The first-order chi connectivity index (χ1) is 9.91. The predicted molar refractivity (Wildman–Crippen MR) is 88.4 cm³/mol. The molecule has 0 bridgehead atoms. The number of nitrogen functional groups attached to an aromatic ring is 1. The smallest absolute Gasteiger partial charge is 0.119 e. The molecule has 3 nitrogen and oxygen atoms in total. The number of rotatable bonds is 2. The molecule has 3 rings (SSSR count). The highest BCUT2D eigenvalue weighted by Crippen LogP contribution is 2.33. The second-order valence-electron chi connectivity index (χ2n) is 6.18. The molecular formula is C18H21N3. The van der Waals surface area contributed by atoms with Crippen LogP contribution in [0.5, 0.6) is 0 Å². The molecule has 0 spiro atoms. The highest BCUT2D eigenvalue weighted by atomic mass is 15.1. The van der Waals surface area contributed by atoms with Gasteiger partial charge in [0.1, 0.15) is 5.82 Å². The number of nitrogens with two attached hydrogens (primary N) is 1. The van der Waals surface area contributed by atoms with E-state index in [-0.39, 0.29) is 5.41 Å². The molecule has 0 unspecified atom stereocenters. The van der Waals surface area contributed by atoms with Crippen molar-refractivity contribution in [2.45, 2.75) is 26.2 Å². The third-order valence-electron chi connectivity index (χ3n) is 4.29. The minimum Gasteiger partial charge on any atom is -0.399 e. The first-order valence-electron chi connectivity index (χ1n) is 7.20. The van der Waals surface area contributed by atoms with E-state index in [1.807, 2.05) is 12.1 Å². The van der Waals surface area contributed by atoms with E-state index in [2.05, 4.69) is 62.7 Å². The SMILES string of the molecule is Cc1cccc2nc(C(C)(C)c3ccc(N)cc3)n(C)c12. The number of aryl methyl sites for hydroxylation is 2. The van der Waals surface area contributed by atoms with Crippen LogP contribution in [0.3, 0.4) is 0 Å². The molecule has 3 aromatic rings. The minimum atomic E-state index is -0.173. The molecule has 0 fully saturated rings. The standard InChI is InChI=1S/C18H21N3/c1-12-6-5-7-15-16(12)21(4)17(20-15)18(2,3)13-8-10-14(19)11-9-13/h5-11H,19H2,1-4H3. The molecule has 1 heterocycles. The Morgan fingerprint density at radius 3 is 2.33 bits per heavy atom. The fourth-order valence-corrected chi connectivity index (χ4v) is 3.05. The molecule has 0 amide bonds. The van der Waals surface area contributed by atoms with Gasteiger partial charge in [-0.2, -0.15) is 0 Å². The highest BCUT2D eigenvalue weighted by Gasteiger charge is 2.28. The maximum absolute atomic E-state index is 5.80. The summed E-state index contributed by atoms with van der Waals surface area (Å²) in [6.07, 6.45) is 0. The Bertz CT molecular complexity index is 795. The fourth-order valence-electron chi connectivity index (χ4n) is 3.05. The third kappa shape index (κ3) is 2.09. The molecule has 0 aliphatic rings. The molecule has 0 radical (unpaired) electrons. The van der Waals surface area contributed by atoms with Gasteiger partial charge < -0.3 is 10.3 Å². The molecule has 108 valence electrons. The lowest BCUT2D eigenvalue weighted by Crippen LogP contribution is -2.23. The molecule has 0 atom stereocenters. The zero-order valence-electron chi connectivity index (χ0n) is 13.0. The number of benzene rings is 2.